The molecule has 1 aliphatic heterocycles. The van der Waals surface area contributed by atoms with Crippen molar-refractivity contribution in [3.05, 3.63) is 28.2 Å². The van der Waals surface area contributed by atoms with E-state index in [-0.39, 0.29) is 5.54 Å². The van der Waals surface area contributed by atoms with Gasteiger partial charge in [0, 0.05) is 41.9 Å². The molecule has 0 aliphatic carbocycles. The number of anilines is 1. The minimum Gasteiger partial charge on any atom is -0.370 e. The third-order valence-electron chi connectivity index (χ3n) is 3.93. The van der Waals surface area contributed by atoms with Crippen LogP contribution in [0.2, 0.25) is 0 Å². The second kappa shape index (κ2) is 7.12. The predicted molar refractivity (Wildman–Crippen MR) is 95.1 cm³/mol. The topological polar surface area (TPSA) is 18.5 Å². The van der Waals surface area contributed by atoms with Crippen LogP contribution in [0.3, 0.4) is 0 Å². The maximum atomic E-state index is 3.74. The fourth-order valence-electron chi connectivity index (χ4n) is 2.54. The maximum Gasteiger partial charge on any atom is 0.0378 e. The highest BCUT2D eigenvalue weighted by Gasteiger charge is 2.14. The van der Waals surface area contributed by atoms with E-state index >= 15 is 0 Å². The Bertz CT molecular complexity index is 468. The standard InChI is InChI=1S/C17H28BrN3/c1-17(2,3)19-13-14-6-7-15(12-16(14)18)21-9-5-8-20(4)10-11-21/h6-7,12,19H,5,8-11,13H2,1-4H3. The van der Waals surface area contributed by atoms with Gasteiger partial charge in [0.2, 0.25) is 0 Å². The molecule has 1 aliphatic rings. The van der Waals surface area contributed by atoms with Crippen molar-refractivity contribution in [3.8, 4) is 0 Å². The fourth-order valence-corrected chi connectivity index (χ4v) is 3.05. The molecular formula is C17H28BrN3. The Balaban J connectivity index is 2.04. The van der Waals surface area contributed by atoms with Crippen LogP contribution in [0.4, 0.5) is 5.69 Å². The van der Waals surface area contributed by atoms with Gasteiger partial charge in [-0.2, -0.15) is 0 Å². The molecule has 0 spiro atoms. The number of hydrogen-bond donors (Lipinski definition) is 1. The van der Waals surface area contributed by atoms with Crippen molar-refractivity contribution < 1.29 is 0 Å². The first-order chi connectivity index (χ1) is 9.85. The summed E-state index contributed by atoms with van der Waals surface area (Å²) in [6, 6.07) is 6.77. The molecule has 1 aromatic rings. The van der Waals surface area contributed by atoms with Crippen LogP contribution in [0.15, 0.2) is 22.7 Å². The van der Waals surface area contributed by atoms with Gasteiger partial charge in [-0.3, -0.25) is 0 Å². The lowest BCUT2D eigenvalue weighted by molar-refractivity contribution is 0.360. The molecule has 3 nitrogen and oxygen atoms in total. The summed E-state index contributed by atoms with van der Waals surface area (Å²) in [6.45, 7) is 12.1. The van der Waals surface area contributed by atoms with Gasteiger partial charge in [0.05, 0.1) is 0 Å². The van der Waals surface area contributed by atoms with Crippen molar-refractivity contribution >= 4 is 21.6 Å². The zero-order valence-electron chi connectivity index (χ0n) is 13.7. The van der Waals surface area contributed by atoms with Crippen LogP contribution < -0.4 is 10.2 Å². The third-order valence-corrected chi connectivity index (χ3v) is 4.67. The second-order valence-corrected chi connectivity index (χ2v) is 7.88. The van der Waals surface area contributed by atoms with E-state index in [1.807, 2.05) is 0 Å². The Morgan fingerprint density at radius 2 is 1.90 bits per heavy atom. The Labute approximate surface area is 137 Å². The minimum absolute atomic E-state index is 0.146. The van der Waals surface area contributed by atoms with E-state index in [2.05, 4.69) is 77.1 Å². The van der Waals surface area contributed by atoms with Gasteiger partial charge in [0.15, 0.2) is 0 Å². The van der Waals surface area contributed by atoms with Gasteiger partial charge in [-0.1, -0.05) is 22.0 Å². The van der Waals surface area contributed by atoms with Crippen molar-refractivity contribution in [3.63, 3.8) is 0 Å². The van der Waals surface area contributed by atoms with Crippen molar-refractivity contribution in [1.29, 1.82) is 0 Å². The Morgan fingerprint density at radius 3 is 2.57 bits per heavy atom. The summed E-state index contributed by atoms with van der Waals surface area (Å²) >= 11 is 3.74. The second-order valence-electron chi connectivity index (χ2n) is 7.02. The molecule has 1 fully saturated rings. The predicted octanol–water partition coefficient (Wildman–Crippen LogP) is 3.48. The summed E-state index contributed by atoms with van der Waals surface area (Å²) in [6.07, 6.45) is 1.24. The van der Waals surface area contributed by atoms with Crippen molar-refractivity contribution in [2.45, 2.75) is 39.3 Å². The van der Waals surface area contributed by atoms with E-state index < -0.39 is 0 Å². The normalized spacial score (nSPS) is 17.9. The average Bonchev–Trinajstić information content (AvgIpc) is 2.61. The zero-order chi connectivity index (χ0) is 15.5. The number of likely N-dealkylation sites (N-methyl/N-ethyl adjacent to an activating group) is 1. The molecule has 0 radical (unpaired) electrons. The lowest BCUT2D eigenvalue weighted by atomic mass is 10.1. The molecule has 0 amide bonds. The Hall–Kier alpha value is -0.580. The molecule has 0 atom stereocenters. The van der Waals surface area contributed by atoms with E-state index in [1.54, 1.807) is 0 Å². The van der Waals surface area contributed by atoms with Crippen LogP contribution in [0.25, 0.3) is 0 Å². The maximum absolute atomic E-state index is 3.74. The van der Waals surface area contributed by atoms with Gasteiger partial charge < -0.3 is 15.1 Å². The highest BCUT2D eigenvalue weighted by atomic mass is 79.9. The fraction of sp³-hybridized carbons (Fsp3) is 0.647. The zero-order valence-corrected chi connectivity index (χ0v) is 15.3. The molecule has 0 aromatic heterocycles. The quantitative estimate of drug-likeness (QED) is 0.897. The molecule has 0 saturated carbocycles. The molecule has 21 heavy (non-hydrogen) atoms. The van der Waals surface area contributed by atoms with Crippen molar-refractivity contribution in [1.82, 2.24) is 10.2 Å². The molecule has 0 bridgehead atoms. The van der Waals surface area contributed by atoms with Gasteiger partial charge in [-0.05, 0) is 58.5 Å². The minimum atomic E-state index is 0.146. The Morgan fingerprint density at radius 1 is 1.14 bits per heavy atom. The number of nitrogens with zero attached hydrogens (tertiary/aromatic N) is 2. The summed E-state index contributed by atoms with van der Waals surface area (Å²) in [5.41, 5.74) is 2.80. The van der Waals surface area contributed by atoms with Gasteiger partial charge in [0.1, 0.15) is 0 Å². The number of benzene rings is 1. The molecule has 1 heterocycles. The number of nitrogens with one attached hydrogen (secondary N) is 1. The lowest BCUT2D eigenvalue weighted by Gasteiger charge is -2.24. The molecule has 1 saturated heterocycles. The smallest absolute Gasteiger partial charge is 0.0378 e. The van der Waals surface area contributed by atoms with Gasteiger partial charge in [-0.25, -0.2) is 0 Å². The van der Waals surface area contributed by atoms with E-state index in [0.29, 0.717) is 0 Å². The first kappa shape index (κ1) is 16.8. The molecule has 1 N–H and O–H groups in total. The monoisotopic (exact) mass is 353 g/mol. The van der Waals surface area contributed by atoms with E-state index in [9.17, 15) is 0 Å². The molecule has 2 rings (SSSR count). The summed E-state index contributed by atoms with van der Waals surface area (Å²) in [7, 11) is 2.21. The van der Waals surface area contributed by atoms with Crippen molar-refractivity contribution in [2.24, 2.45) is 0 Å². The number of halogens is 1. The first-order valence-electron chi connectivity index (χ1n) is 7.82. The Kier molecular flexibility index (Phi) is 5.69. The average molecular weight is 354 g/mol. The lowest BCUT2D eigenvalue weighted by Crippen LogP contribution is -2.35. The molecule has 0 unspecified atom stereocenters. The SMILES string of the molecule is CN1CCCN(c2ccc(CNC(C)(C)C)c(Br)c2)CC1. The summed E-state index contributed by atoms with van der Waals surface area (Å²) in [5, 5.41) is 3.54. The van der Waals surface area contributed by atoms with E-state index in [4.69, 9.17) is 0 Å². The van der Waals surface area contributed by atoms with Crippen molar-refractivity contribution in [2.75, 3.05) is 38.1 Å². The first-order valence-corrected chi connectivity index (χ1v) is 8.61. The van der Waals surface area contributed by atoms with Gasteiger partial charge in [-0.15, -0.1) is 0 Å². The third kappa shape index (κ3) is 5.28. The molecular weight excluding hydrogens is 326 g/mol. The number of hydrogen-bond acceptors (Lipinski definition) is 3. The summed E-state index contributed by atoms with van der Waals surface area (Å²) in [4.78, 5) is 4.91. The van der Waals surface area contributed by atoms with Crippen LogP contribution in [0, 0.1) is 0 Å². The number of rotatable bonds is 3. The summed E-state index contributed by atoms with van der Waals surface area (Å²) < 4.78 is 1.20. The van der Waals surface area contributed by atoms with Gasteiger partial charge in [0.25, 0.3) is 0 Å². The van der Waals surface area contributed by atoms with Crippen LogP contribution in [-0.2, 0) is 6.54 Å². The van der Waals surface area contributed by atoms with Crippen LogP contribution in [-0.4, -0.2) is 43.7 Å². The molecule has 1 aromatic carbocycles. The van der Waals surface area contributed by atoms with Crippen LogP contribution in [0.5, 0.6) is 0 Å². The summed E-state index contributed by atoms with van der Waals surface area (Å²) in [5.74, 6) is 0. The van der Waals surface area contributed by atoms with Gasteiger partial charge >= 0.3 is 0 Å². The largest absolute Gasteiger partial charge is 0.370 e. The molecule has 4 heteroatoms. The van der Waals surface area contributed by atoms with Crippen LogP contribution >= 0.6 is 15.9 Å². The van der Waals surface area contributed by atoms with E-state index in [0.717, 1.165) is 26.2 Å². The van der Waals surface area contributed by atoms with Crippen LogP contribution in [0.1, 0.15) is 32.8 Å². The highest BCUT2D eigenvalue weighted by Crippen LogP contribution is 2.25. The molecule has 118 valence electrons. The van der Waals surface area contributed by atoms with E-state index in [1.165, 1.54) is 28.7 Å². The highest BCUT2D eigenvalue weighted by molar-refractivity contribution is 9.10.